The fourth-order valence-electron chi connectivity index (χ4n) is 1.80. The van der Waals surface area contributed by atoms with Gasteiger partial charge in [0.1, 0.15) is 0 Å². The number of carboxylic acids is 1. The van der Waals surface area contributed by atoms with Crippen LogP contribution in [0.15, 0.2) is 24.3 Å². The first kappa shape index (κ1) is 11.4. The van der Waals surface area contributed by atoms with Crippen LogP contribution < -0.4 is 0 Å². The highest BCUT2D eigenvalue weighted by Gasteiger charge is 2.30. The molecule has 1 N–H and O–H groups in total. The number of halogens is 1. The molecular formula is C12H14ClNO2. The average Bonchev–Trinajstić information content (AvgIpc) is 2.99. The molecule has 1 saturated carbocycles. The van der Waals surface area contributed by atoms with Crippen molar-refractivity contribution in [3.63, 3.8) is 0 Å². The van der Waals surface area contributed by atoms with Crippen LogP contribution in [0.25, 0.3) is 0 Å². The average molecular weight is 240 g/mol. The molecule has 1 aromatic rings. The second-order valence-electron chi connectivity index (χ2n) is 4.16. The maximum atomic E-state index is 10.7. The van der Waals surface area contributed by atoms with Crippen molar-refractivity contribution in [2.24, 2.45) is 0 Å². The molecule has 0 bridgehead atoms. The third-order valence-corrected chi connectivity index (χ3v) is 2.91. The molecule has 0 heterocycles. The van der Waals surface area contributed by atoms with E-state index in [-0.39, 0.29) is 6.54 Å². The van der Waals surface area contributed by atoms with Gasteiger partial charge in [0.05, 0.1) is 6.54 Å². The van der Waals surface area contributed by atoms with Crippen LogP contribution in [0.5, 0.6) is 0 Å². The van der Waals surface area contributed by atoms with Crippen LogP contribution in [0.4, 0.5) is 0 Å². The van der Waals surface area contributed by atoms with Gasteiger partial charge in [0.2, 0.25) is 0 Å². The van der Waals surface area contributed by atoms with Crippen molar-refractivity contribution in [2.75, 3.05) is 6.54 Å². The molecule has 0 saturated heterocycles. The maximum absolute atomic E-state index is 10.7. The van der Waals surface area contributed by atoms with Crippen molar-refractivity contribution in [1.82, 2.24) is 4.90 Å². The topological polar surface area (TPSA) is 40.5 Å². The van der Waals surface area contributed by atoms with Gasteiger partial charge >= 0.3 is 5.97 Å². The molecule has 0 radical (unpaired) electrons. The molecule has 4 heteroatoms. The van der Waals surface area contributed by atoms with E-state index < -0.39 is 5.97 Å². The van der Waals surface area contributed by atoms with E-state index in [0.29, 0.717) is 17.6 Å². The highest BCUT2D eigenvalue weighted by atomic mass is 35.5. The van der Waals surface area contributed by atoms with E-state index in [1.807, 2.05) is 29.2 Å². The van der Waals surface area contributed by atoms with Gasteiger partial charge in [-0.3, -0.25) is 9.69 Å². The minimum atomic E-state index is -0.770. The molecule has 1 fully saturated rings. The first-order valence-electron chi connectivity index (χ1n) is 5.35. The monoisotopic (exact) mass is 239 g/mol. The zero-order valence-electron chi connectivity index (χ0n) is 8.90. The lowest BCUT2D eigenvalue weighted by atomic mass is 10.2. The van der Waals surface area contributed by atoms with Crippen molar-refractivity contribution in [1.29, 1.82) is 0 Å². The Bertz CT molecular complexity index is 390. The number of hydrogen-bond acceptors (Lipinski definition) is 2. The fourth-order valence-corrected chi connectivity index (χ4v) is 2.01. The Balaban J connectivity index is 2.02. The summed E-state index contributed by atoms with van der Waals surface area (Å²) >= 11 is 5.89. The van der Waals surface area contributed by atoms with Crippen molar-refractivity contribution in [3.8, 4) is 0 Å². The van der Waals surface area contributed by atoms with E-state index in [1.165, 1.54) is 0 Å². The summed E-state index contributed by atoms with van der Waals surface area (Å²) in [6.07, 6.45) is 2.21. The van der Waals surface area contributed by atoms with E-state index in [0.717, 1.165) is 18.4 Å². The SMILES string of the molecule is O=C(O)CN(Cc1cccc(Cl)c1)C1CC1. The summed E-state index contributed by atoms with van der Waals surface area (Å²) < 4.78 is 0. The molecule has 3 nitrogen and oxygen atoms in total. The van der Waals surface area contributed by atoms with Gasteiger partial charge in [-0.15, -0.1) is 0 Å². The van der Waals surface area contributed by atoms with Crippen LogP contribution >= 0.6 is 11.6 Å². The standard InChI is InChI=1S/C12H14ClNO2/c13-10-3-1-2-9(6-10)7-14(8-12(15)16)11-4-5-11/h1-3,6,11H,4-5,7-8H2,(H,15,16). The zero-order valence-corrected chi connectivity index (χ0v) is 9.65. The first-order valence-corrected chi connectivity index (χ1v) is 5.73. The molecule has 2 rings (SSSR count). The van der Waals surface area contributed by atoms with Gasteiger partial charge in [-0.25, -0.2) is 0 Å². The van der Waals surface area contributed by atoms with Crippen LogP contribution in [0, 0.1) is 0 Å². The number of benzene rings is 1. The summed E-state index contributed by atoms with van der Waals surface area (Å²) in [4.78, 5) is 12.7. The molecule has 0 atom stereocenters. The summed E-state index contributed by atoms with van der Waals surface area (Å²) in [7, 11) is 0. The molecule has 0 aromatic heterocycles. The van der Waals surface area contributed by atoms with Gasteiger partial charge in [0, 0.05) is 17.6 Å². The lowest BCUT2D eigenvalue weighted by Crippen LogP contribution is -2.31. The lowest BCUT2D eigenvalue weighted by Gasteiger charge is -2.19. The smallest absolute Gasteiger partial charge is 0.317 e. The van der Waals surface area contributed by atoms with Crippen LogP contribution in [0.3, 0.4) is 0 Å². The lowest BCUT2D eigenvalue weighted by molar-refractivity contribution is -0.138. The Morgan fingerprint density at radius 2 is 2.25 bits per heavy atom. The second-order valence-corrected chi connectivity index (χ2v) is 4.60. The Morgan fingerprint density at radius 1 is 1.50 bits per heavy atom. The molecular weight excluding hydrogens is 226 g/mol. The van der Waals surface area contributed by atoms with E-state index in [4.69, 9.17) is 16.7 Å². The highest BCUT2D eigenvalue weighted by molar-refractivity contribution is 6.30. The number of hydrogen-bond donors (Lipinski definition) is 1. The summed E-state index contributed by atoms with van der Waals surface area (Å²) in [6, 6.07) is 8.02. The van der Waals surface area contributed by atoms with E-state index in [9.17, 15) is 4.79 Å². The van der Waals surface area contributed by atoms with Crippen LogP contribution in [0.2, 0.25) is 5.02 Å². The Morgan fingerprint density at radius 3 is 2.81 bits per heavy atom. The molecule has 0 unspecified atom stereocenters. The van der Waals surface area contributed by atoms with Gasteiger partial charge in [-0.1, -0.05) is 23.7 Å². The third kappa shape index (κ3) is 3.22. The Kier molecular flexibility index (Phi) is 3.46. The number of carboxylic acid groups (broad SMARTS) is 1. The molecule has 1 aromatic carbocycles. The largest absolute Gasteiger partial charge is 0.480 e. The van der Waals surface area contributed by atoms with Crippen molar-refractivity contribution in [3.05, 3.63) is 34.9 Å². The van der Waals surface area contributed by atoms with E-state index in [1.54, 1.807) is 0 Å². The summed E-state index contributed by atoms with van der Waals surface area (Å²) in [5.74, 6) is -0.770. The van der Waals surface area contributed by atoms with Crippen molar-refractivity contribution < 1.29 is 9.90 Å². The summed E-state index contributed by atoms with van der Waals surface area (Å²) in [5.41, 5.74) is 1.07. The molecule has 0 aliphatic heterocycles. The predicted octanol–water partition coefficient (Wildman–Crippen LogP) is 2.39. The highest BCUT2D eigenvalue weighted by Crippen LogP contribution is 2.28. The summed E-state index contributed by atoms with van der Waals surface area (Å²) in [5, 5.41) is 9.52. The van der Waals surface area contributed by atoms with Gasteiger partial charge in [0.15, 0.2) is 0 Å². The fraction of sp³-hybridized carbons (Fsp3) is 0.417. The number of carbonyl (C=O) groups is 1. The first-order chi connectivity index (χ1) is 7.65. The van der Waals surface area contributed by atoms with Crippen molar-refractivity contribution >= 4 is 17.6 Å². The Labute approximate surface area is 99.6 Å². The molecule has 86 valence electrons. The van der Waals surface area contributed by atoms with Crippen LogP contribution in [-0.4, -0.2) is 28.6 Å². The van der Waals surface area contributed by atoms with Gasteiger partial charge < -0.3 is 5.11 Å². The number of rotatable bonds is 5. The zero-order chi connectivity index (χ0) is 11.5. The minimum absolute atomic E-state index is 0.108. The van der Waals surface area contributed by atoms with Crippen LogP contribution in [0.1, 0.15) is 18.4 Å². The van der Waals surface area contributed by atoms with Crippen molar-refractivity contribution in [2.45, 2.75) is 25.4 Å². The molecule has 1 aliphatic rings. The van der Waals surface area contributed by atoms with E-state index >= 15 is 0 Å². The molecule has 0 amide bonds. The summed E-state index contributed by atoms with van der Waals surface area (Å²) in [6.45, 7) is 0.773. The molecule has 0 spiro atoms. The number of aliphatic carboxylic acids is 1. The quantitative estimate of drug-likeness (QED) is 0.858. The van der Waals surface area contributed by atoms with Gasteiger partial charge in [0.25, 0.3) is 0 Å². The van der Waals surface area contributed by atoms with Gasteiger partial charge in [-0.2, -0.15) is 0 Å². The number of nitrogens with zero attached hydrogens (tertiary/aromatic N) is 1. The minimum Gasteiger partial charge on any atom is -0.480 e. The predicted molar refractivity (Wildman–Crippen MR) is 62.5 cm³/mol. The maximum Gasteiger partial charge on any atom is 0.317 e. The van der Waals surface area contributed by atoms with Crippen LogP contribution in [-0.2, 0) is 11.3 Å². The van der Waals surface area contributed by atoms with Gasteiger partial charge in [-0.05, 0) is 30.5 Å². The second kappa shape index (κ2) is 4.85. The third-order valence-electron chi connectivity index (χ3n) is 2.68. The van der Waals surface area contributed by atoms with E-state index in [2.05, 4.69) is 0 Å². The normalized spacial score (nSPS) is 15.4. The molecule has 16 heavy (non-hydrogen) atoms. The molecule has 1 aliphatic carbocycles. The Hall–Kier alpha value is -1.06.